The Kier molecular flexibility index (Phi) is 4.49. The number of anilines is 2. The number of hydrogen-bond donors (Lipinski definition) is 2. The van der Waals surface area contributed by atoms with E-state index in [2.05, 4.69) is 44.5 Å². The zero-order chi connectivity index (χ0) is 20.8. The van der Waals surface area contributed by atoms with E-state index in [1.165, 1.54) is 12.8 Å². The minimum absolute atomic E-state index is 0.320. The van der Waals surface area contributed by atoms with Crippen LogP contribution in [0, 0.1) is 5.92 Å². The molecule has 1 aromatic carbocycles. The van der Waals surface area contributed by atoms with Crippen molar-refractivity contribution in [3.05, 3.63) is 48.3 Å². The fraction of sp³-hybridized carbons (Fsp3) is 0.375. The molecule has 0 amide bonds. The second-order valence-corrected chi connectivity index (χ2v) is 8.65. The number of nitrogens with one attached hydrogen (secondary N) is 1. The van der Waals surface area contributed by atoms with Gasteiger partial charge in [0, 0.05) is 54.6 Å². The van der Waals surface area contributed by atoms with Crippen LogP contribution in [0.1, 0.15) is 18.4 Å². The molecular formula is C24H26N6O. The van der Waals surface area contributed by atoms with Crippen LogP contribution in [0.25, 0.3) is 22.4 Å². The van der Waals surface area contributed by atoms with Gasteiger partial charge in [-0.1, -0.05) is 12.1 Å². The highest BCUT2D eigenvalue weighted by Crippen LogP contribution is 2.41. The first kappa shape index (κ1) is 18.6. The summed E-state index contributed by atoms with van der Waals surface area (Å²) >= 11 is 0. The van der Waals surface area contributed by atoms with Crippen LogP contribution in [0.15, 0.2) is 42.7 Å². The second-order valence-electron chi connectivity index (χ2n) is 8.65. The molecule has 0 aliphatic carbocycles. The molecule has 2 saturated heterocycles. The van der Waals surface area contributed by atoms with Gasteiger partial charge in [0.1, 0.15) is 11.6 Å². The molecular weight excluding hydrogens is 388 g/mol. The Hall–Kier alpha value is -3.19. The first-order valence-corrected chi connectivity index (χ1v) is 11.1. The molecule has 0 bridgehead atoms. The van der Waals surface area contributed by atoms with E-state index in [1.54, 1.807) is 6.20 Å². The summed E-state index contributed by atoms with van der Waals surface area (Å²) in [4.78, 5) is 16.0. The van der Waals surface area contributed by atoms with E-state index in [1.807, 2.05) is 12.3 Å². The monoisotopic (exact) mass is 414 g/mol. The van der Waals surface area contributed by atoms with Gasteiger partial charge in [-0.2, -0.15) is 4.98 Å². The summed E-state index contributed by atoms with van der Waals surface area (Å²) in [7, 11) is 0. The quantitative estimate of drug-likeness (QED) is 0.666. The van der Waals surface area contributed by atoms with E-state index >= 15 is 0 Å². The van der Waals surface area contributed by atoms with Gasteiger partial charge >= 0.3 is 0 Å². The average Bonchev–Trinajstić information content (AvgIpc) is 3.16. The molecule has 31 heavy (non-hydrogen) atoms. The fourth-order valence-corrected chi connectivity index (χ4v) is 5.24. The predicted molar refractivity (Wildman–Crippen MR) is 121 cm³/mol. The van der Waals surface area contributed by atoms with Crippen molar-refractivity contribution in [1.29, 1.82) is 0 Å². The average molecular weight is 415 g/mol. The Bertz CT molecular complexity index is 1100. The molecule has 0 radical (unpaired) electrons. The van der Waals surface area contributed by atoms with Crippen LogP contribution in [0.3, 0.4) is 0 Å². The van der Waals surface area contributed by atoms with Gasteiger partial charge < -0.3 is 20.7 Å². The normalized spacial score (nSPS) is 22.1. The van der Waals surface area contributed by atoms with Gasteiger partial charge in [-0.25, -0.2) is 4.98 Å². The Morgan fingerprint density at radius 3 is 2.97 bits per heavy atom. The largest absolute Gasteiger partial charge is 0.493 e. The second kappa shape index (κ2) is 7.50. The Balaban J connectivity index is 1.42. The number of aromatic nitrogens is 3. The number of nitrogens with two attached hydrogens (primary N) is 1. The minimum Gasteiger partial charge on any atom is -0.493 e. The number of piperidine rings is 1. The molecule has 3 aromatic rings. The smallest absolute Gasteiger partial charge is 0.222 e. The summed E-state index contributed by atoms with van der Waals surface area (Å²) in [6.07, 6.45) is 6.94. The van der Waals surface area contributed by atoms with Crippen molar-refractivity contribution in [2.45, 2.75) is 25.3 Å². The molecule has 3 aliphatic heterocycles. The zero-order valence-electron chi connectivity index (χ0n) is 17.4. The molecule has 2 fully saturated rings. The van der Waals surface area contributed by atoms with E-state index in [0.717, 1.165) is 65.6 Å². The lowest BCUT2D eigenvalue weighted by Crippen LogP contribution is -2.40. The molecule has 3 aliphatic rings. The number of pyridine rings is 1. The van der Waals surface area contributed by atoms with Crippen LogP contribution < -0.4 is 20.7 Å². The number of benzene rings is 1. The van der Waals surface area contributed by atoms with Crippen LogP contribution in [0.4, 0.5) is 11.8 Å². The summed E-state index contributed by atoms with van der Waals surface area (Å²) in [5.74, 6) is 2.81. The molecule has 0 spiro atoms. The van der Waals surface area contributed by atoms with Crippen LogP contribution >= 0.6 is 0 Å². The maximum atomic E-state index is 6.21. The zero-order valence-corrected chi connectivity index (χ0v) is 17.4. The van der Waals surface area contributed by atoms with Gasteiger partial charge in [0.2, 0.25) is 5.95 Å². The van der Waals surface area contributed by atoms with E-state index in [-0.39, 0.29) is 0 Å². The summed E-state index contributed by atoms with van der Waals surface area (Å²) in [5, 5.41) is 3.68. The summed E-state index contributed by atoms with van der Waals surface area (Å²) < 4.78 is 6.19. The van der Waals surface area contributed by atoms with Gasteiger partial charge in [0.25, 0.3) is 0 Å². The Labute approximate surface area is 181 Å². The molecule has 2 atom stereocenters. The first-order chi connectivity index (χ1) is 15.3. The summed E-state index contributed by atoms with van der Waals surface area (Å²) in [6, 6.07) is 10.8. The van der Waals surface area contributed by atoms with Crippen molar-refractivity contribution in [2.75, 3.05) is 36.9 Å². The first-order valence-electron chi connectivity index (χ1n) is 11.1. The number of fused-ring (bicyclic) bond motifs is 4. The van der Waals surface area contributed by atoms with Crippen LogP contribution in [-0.2, 0) is 6.42 Å². The van der Waals surface area contributed by atoms with E-state index in [4.69, 9.17) is 15.5 Å². The molecule has 158 valence electrons. The maximum absolute atomic E-state index is 6.21. The third-order valence-electron chi connectivity index (χ3n) is 6.74. The lowest BCUT2D eigenvalue weighted by atomic mass is 9.94. The van der Waals surface area contributed by atoms with Gasteiger partial charge in [-0.05, 0) is 49.1 Å². The van der Waals surface area contributed by atoms with Gasteiger partial charge in [0.05, 0.1) is 12.3 Å². The van der Waals surface area contributed by atoms with Crippen molar-refractivity contribution in [3.63, 3.8) is 0 Å². The Morgan fingerprint density at radius 2 is 2.10 bits per heavy atom. The molecule has 7 heteroatoms. The molecule has 7 nitrogen and oxygen atoms in total. The van der Waals surface area contributed by atoms with E-state index in [0.29, 0.717) is 24.5 Å². The number of rotatable bonds is 2. The molecule has 2 unspecified atom stereocenters. The highest BCUT2D eigenvalue weighted by atomic mass is 16.5. The number of hydrogen-bond acceptors (Lipinski definition) is 7. The van der Waals surface area contributed by atoms with Crippen molar-refractivity contribution < 1.29 is 4.74 Å². The summed E-state index contributed by atoms with van der Waals surface area (Å²) in [6.45, 7) is 3.70. The standard InChI is InChI=1S/C24H26N6O/c25-24-28-22-18-6-5-15(16-3-1-8-26-12-16)11-21(18)31-10-7-19(22)23(29-24)30-13-17-4-2-9-27-20(17)14-30/h1,3,5-6,8,11-12,17,20,27H,2,4,7,9-10,13-14H2,(H2,25,28,29). The predicted octanol–water partition coefficient (Wildman–Crippen LogP) is 2.91. The van der Waals surface area contributed by atoms with Crippen LogP contribution in [0.2, 0.25) is 0 Å². The topological polar surface area (TPSA) is 89.2 Å². The van der Waals surface area contributed by atoms with Crippen LogP contribution in [-0.4, -0.2) is 47.2 Å². The van der Waals surface area contributed by atoms with Gasteiger partial charge in [0.15, 0.2) is 0 Å². The number of nitrogens with zero attached hydrogens (tertiary/aromatic N) is 4. The molecule has 3 N–H and O–H groups in total. The van der Waals surface area contributed by atoms with Gasteiger partial charge in [-0.15, -0.1) is 0 Å². The van der Waals surface area contributed by atoms with Gasteiger partial charge in [-0.3, -0.25) is 4.98 Å². The third-order valence-corrected chi connectivity index (χ3v) is 6.74. The molecule has 5 heterocycles. The van der Waals surface area contributed by atoms with Crippen molar-refractivity contribution in [2.24, 2.45) is 5.92 Å². The van der Waals surface area contributed by atoms with Crippen molar-refractivity contribution in [1.82, 2.24) is 20.3 Å². The molecule has 6 rings (SSSR count). The lowest BCUT2D eigenvalue weighted by Gasteiger charge is -2.24. The van der Waals surface area contributed by atoms with Crippen molar-refractivity contribution in [3.8, 4) is 28.1 Å². The molecule has 0 saturated carbocycles. The fourth-order valence-electron chi connectivity index (χ4n) is 5.24. The van der Waals surface area contributed by atoms with Crippen LogP contribution in [0.5, 0.6) is 5.75 Å². The third kappa shape index (κ3) is 3.29. The van der Waals surface area contributed by atoms with E-state index in [9.17, 15) is 0 Å². The number of nitrogen functional groups attached to an aromatic ring is 1. The maximum Gasteiger partial charge on any atom is 0.222 e. The Morgan fingerprint density at radius 1 is 1.13 bits per heavy atom. The highest BCUT2D eigenvalue weighted by molar-refractivity contribution is 5.79. The molecule has 2 aromatic heterocycles. The van der Waals surface area contributed by atoms with E-state index < -0.39 is 0 Å². The summed E-state index contributed by atoms with van der Waals surface area (Å²) in [5.41, 5.74) is 11.4. The highest BCUT2D eigenvalue weighted by Gasteiger charge is 2.36. The minimum atomic E-state index is 0.320. The number of ether oxygens (including phenoxy) is 1. The van der Waals surface area contributed by atoms with Crippen molar-refractivity contribution >= 4 is 11.8 Å². The lowest BCUT2D eigenvalue weighted by molar-refractivity contribution is 0.326. The SMILES string of the molecule is Nc1nc2c(c(N3CC4CCCNC4C3)n1)CCOc1cc(-c3cccnc3)ccc1-2.